The second-order valence-corrected chi connectivity index (χ2v) is 24.6. The highest BCUT2D eigenvalue weighted by atomic mass is 32.1. The molecule has 0 aliphatic carbocycles. The Hall–Kier alpha value is -9.52. The molecule has 4 heterocycles. The molecule has 0 saturated heterocycles. The smallest absolute Gasteiger partial charge is 0.271 e. The van der Waals surface area contributed by atoms with Crippen molar-refractivity contribution in [2.24, 2.45) is 17.6 Å². The number of phenols is 1. The number of hydrogen-bond donors (Lipinski definition) is 13. The van der Waals surface area contributed by atoms with Crippen LogP contribution in [0.2, 0.25) is 0 Å². The zero-order valence-electron chi connectivity index (χ0n) is 50.1. The first-order chi connectivity index (χ1) is 43.5. The fourth-order valence-electron chi connectivity index (χ4n) is 9.34. The predicted octanol–water partition coefficient (Wildman–Crippen LogP) is 1.46. The maximum atomic E-state index is 14.7. The van der Waals surface area contributed by atoms with E-state index in [4.69, 9.17) is 10.7 Å². The lowest BCUT2D eigenvalue weighted by molar-refractivity contribution is -0.133. The number of rotatable bonds is 13. The molecule has 3 aromatic carbocycles. The van der Waals surface area contributed by atoms with Gasteiger partial charge < -0.3 is 69.1 Å². The van der Waals surface area contributed by atoms with Crippen molar-refractivity contribution in [3.05, 3.63) is 150 Å². The van der Waals surface area contributed by atoms with Crippen LogP contribution < -0.4 is 58.9 Å². The van der Waals surface area contributed by atoms with Gasteiger partial charge in [-0.3, -0.25) is 52.7 Å². The first kappa shape index (κ1) is 69.0. The Kier molecular flexibility index (Phi) is 25.3. The molecule has 30 heteroatoms. The summed E-state index contributed by atoms with van der Waals surface area (Å²) in [4.78, 5) is 164. The number of carbonyl (C=O) groups excluding carboxylic acids is 11. The number of nitrogens with zero attached hydrogens (tertiary/aromatic N) is 3. The summed E-state index contributed by atoms with van der Waals surface area (Å²) in [5.41, 5.74) is 7.15. The van der Waals surface area contributed by atoms with Crippen LogP contribution in [0.1, 0.15) is 128 Å². The van der Waals surface area contributed by atoms with Gasteiger partial charge in [0.1, 0.15) is 62.0 Å². The van der Waals surface area contributed by atoms with Gasteiger partial charge in [-0.25, -0.2) is 15.0 Å². The molecular formula is C61H72N14O13S3. The van der Waals surface area contributed by atoms with E-state index >= 15 is 0 Å². The summed E-state index contributed by atoms with van der Waals surface area (Å²) < 4.78 is 0. The van der Waals surface area contributed by atoms with Gasteiger partial charge in [-0.05, 0) is 47.1 Å². The third kappa shape index (κ3) is 20.8. The molecule has 1 aliphatic rings. The number of nitrogens with one attached hydrogen (secondary N) is 10. The highest BCUT2D eigenvalue weighted by Crippen LogP contribution is 2.30. The van der Waals surface area contributed by atoms with Crippen molar-refractivity contribution in [1.82, 2.24) is 68.1 Å². The Balaban J connectivity index is 1.19. The summed E-state index contributed by atoms with van der Waals surface area (Å²) in [6.07, 6.45) is 0.246. The average Bonchev–Trinajstić information content (AvgIpc) is 1.97. The maximum Gasteiger partial charge on any atom is 0.271 e. The van der Waals surface area contributed by atoms with E-state index in [2.05, 4.69) is 63.1 Å². The van der Waals surface area contributed by atoms with Crippen LogP contribution >= 0.6 is 34.0 Å². The predicted molar refractivity (Wildman–Crippen MR) is 336 cm³/mol. The van der Waals surface area contributed by atoms with Gasteiger partial charge in [0.05, 0.1) is 50.8 Å². The number of carbonyl (C=O) groups is 11. The van der Waals surface area contributed by atoms with E-state index in [-0.39, 0.29) is 58.9 Å². The second kappa shape index (κ2) is 33.3. The number of phenolic OH excluding ortho intramolecular Hbond substituents is 1. The SMILES string of the molecule is CCC(C)C1NC(=O)C(Cc2ccccc2)NC(=O)C(Cc2ccccc2)NC(=O)CNC(=O)C(CO)NC(=O)CNC(=O)CNC(=O)c2csc(n2)C(CC(N)=O)NC(=O)C(Cc2ccc(O)cc2)NC(=O)c2csc(n2)C(CC(C)C)NC(=O)c2csc1n2. The quantitative estimate of drug-likeness (QED) is 0.0778. The van der Waals surface area contributed by atoms with Gasteiger partial charge >= 0.3 is 0 Å². The number of aliphatic hydroxyl groups excluding tert-OH is 1. The van der Waals surface area contributed by atoms with Gasteiger partial charge in [-0.1, -0.05) is 107 Å². The number of aliphatic hydroxyl groups is 1. The van der Waals surface area contributed by atoms with Crippen LogP contribution in [0.5, 0.6) is 5.75 Å². The van der Waals surface area contributed by atoms with Gasteiger partial charge in [0.2, 0.25) is 47.3 Å². The third-order valence-electron chi connectivity index (χ3n) is 14.3. The Morgan fingerprint density at radius 1 is 0.505 bits per heavy atom. The number of aromatic nitrogens is 3. The minimum atomic E-state index is -1.62. The molecule has 6 aromatic rings. The van der Waals surface area contributed by atoms with Crippen LogP contribution in [0.3, 0.4) is 0 Å². The largest absolute Gasteiger partial charge is 0.508 e. The number of hydrogen-bond acceptors (Lipinski definition) is 19. The highest BCUT2D eigenvalue weighted by molar-refractivity contribution is 7.10. The minimum Gasteiger partial charge on any atom is -0.508 e. The molecule has 1 aliphatic heterocycles. The first-order valence-electron chi connectivity index (χ1n) is 29.1. The van der Waals surface area contributed by atoms with Crippen molar-refractivity contribution in [3.63, 3.8) is 0 Å². The number of fused-ring (bicyclic) bond motifs is 6. The standard InChI is InChI=1S/C61H72N14O13S3/c1-5-33(4)51-61-74-46(31-91-61)58(88)70-41(20-32(2)3)59-73-45(30-90-59)57(87)69-39(23-36-16-18-37(77)19-17-36)55(85)71-42(24-47(62)78)60-72-44(29-89-60)53(83)64-25-48(79)63-26-49(80)67-43(28-76)52(82)65-27-50(81)66-38(21-34-12-8-6-9-13-34)54(84)68-40(56(86)75-51)22-35-14-10-7-11-15-35/h6-19,29-33,38-43,51,76-77H,5,20-28H2,1-4H3,(H2,62,78)(H,63,79)(H,64,83)(H,65,82)(H,66,81)(H,67,80)(H,68,84)(H,69,87)(H,70,88)(H,71,85)(H,75,86). The maximum absolute atomic E-state index is 14.7. The third-order valence-corrected chi connectivity index (χ3v) is 17.2. The molecule has 6 bridgehead atoms. The van der Waals surface area contributed by atoms with Crippen molar-refractivity contribution < 1.29 is 63.0 Å². The monoisotopic (exact) mass is 1300 g/mol. The van der Waals surface area contributed by atoms with E-state index in [0.717, 1.165) is 34.0 Å². The number of amides is 11. The van der Waals surface area contributed by atoms with Crippen molar-refractivity contribution in [1.29, 1.82) is 0 Å². The van der Waals surface area contributed by atoms with Crippen molar-refractivity contribution in [2.45, 2.75) is 109 Å². The molecule has 8 atom stereocenters. The lowest BCUT2D eigenvalue weighted by Gasteiger charge is -2.27. The van der Waals surface area contributed by atoms with Gasteiger partial charge in [0, 0.05) is 35.4 Å². The molecule has 0 fully saturated rings. The molecule has 11 amide bonds. The Bertz CT molecular complexity index is 3550. The number of benzene rings is 3. The number of nitrogens with two attached hydrogens (primary N) is 1. The summed E-state index contributed by atoms with van der Waals surface area (Å²) >= 11 is 3.11. The van der Waals surface area contributed by atoms with Gasteiger partial charge in [-0.2, -0.15) is 0 Å². The van der Waals surface area contributed by atoms with Gasteiger partial charge in [0.15, 0.2) is 0 Å². The molecule has 8 unspecified atom stereocenters. The van der Waals surface area contributed by atoms with Crippen LogP contribution in [0.15, 0.2) is 101 Å². The van der Waals surface area contributed by atoms with Crippen molar-refractivity contribution in [2.75, 3.05) is 26.2 Å². The molecule has 3 aromatic heterocycles. The summed E-state index contributed by atoms with van der Waals surface area (Å²) in [5, 5.41) is 51.4. The molecule has 0 radical (unpaired) electrons. The van der Waals surface area contributed by atoms with E-state index in [1.165, 1.54) is 22.9 Å². The molecule has 482 valence electrons. The van der Waals surface area contributed by atoms with Crippen molar-refractivity contribution >= 4 is 99.0 Å². The van der Waals surface area contributed by atoms with E-state index in [1.807, 2.05) is 27.7 Å². The summed E-state index contributed by atoms with van der Waals surface area (Å²) in [6, 6.07) is 15.2. The Labute approximate surface area is 535 Å². The van der Waals surface area contributed by atoms with Gasteiger partial charge in [-0.15, -0.1) is 34.0 Å². The zero-order chi connectivity index (χ0) is 65.7. The zero-order valence-corrected chi connectivity index (χ0v) is 52.6. The Morgan fingerprint density at radius 2 is 0.945 bits per heavy atom. The average molecular weight is 1310 g/mol. The molecule has 27 nitrogen and oxygen atoms in total. The fourth-order valence-corrected chi connectivity index (χ4v) is 12.0. The van der Waals surface area contributed by atoms with Crippen LogP contribution in [-0.4, -0.2) is 141 Å². The molecule has 91 heavy (non-hydrogen) atoms. The molecule has 14 N–H and O–H groups in total. The minimum absolute atomic E-state index is 0.000972. The normalized spacial score (nSPS) is 21.3. The van der Waals surface area contributed by atoms with Gasteiger partial charge in [0.25, 0.3) is 17.7 Å². The molecule has 7 rings (SSSR count). The van der Waals surface area contributed by atoms with E-state index in [1.54, 1.807) is 78.2 Å². The fraction of sp³-hybridized carbons (Fsp3) is 0.377. The summed E-state index contributed by atoms with van der Waals surface area (Å²) in [6.45, 7) is 4.63. The van der Waals surface area contributed by atoms with Crippen LogP contribution in [0, 0.1) is 11.8 Å². The van der Waals surface area contributed by atoms with E-state index in [9.17, 15) is 63.0 Å². The van der Waals surface area contributed by atoms with Crippen molar-refractivity contribution in [3.8, 4) is 5.75 Å². The first-order valence-corrected chi connectivity index (χ1v) is 31.7. The summed E-state index contributed by atoms with van der Waals surface area (Å²) in [5.74, 6) is -9.22. The molecule has 0 spiro atoms. The van der Waals surface area contributed by atoms with E-state index < -0.39 is 140 Å². The Morgan fingerprint density at radius 3 is 1.48 bits per heavy atom. The second-order valence-electron chi connectivity index (χ2n) is 21.9. The highest BCUT2D eigenvalue weighted by Gasteiger charge is 2.34. The van der Waals surface area contributed by atoms with Crippen LogP contribution in [-0.2, 0) is 57.6 Å². The number of primary amides is 1. The van der Waals surface area contributed by atoms with Crippen LogP contribution in [0.4, 0.5) is 0 Å². The molecule has 0 saturated carbocycles. The topological polar surface area (TPSA) is 413 Å². The summed E-state index contributed by atoms with van der Waals surface area (Å²) in [7, 11) is 0. The molecular weight excluding hydrogens is 1230 g/mol. The van der Waals surface area contributed by atoms with Crippen LogP contribution in [0.25, 0.3) is 0 Å². The lowest BCUT2D eigenvalue weighted by Crippen LogP contribution is -2.57. The lowest BCUT2D eigenvalue weighted by atomic mass is 9.98. The number of thiazole rings is 3. The number of aromatic hydroxyl groups is 1. The van der Waals surface area contributed by atoms with E-state index in [0.29, 0.717) is 39.5 Å².